The normalized spacial score (nSPS) is 18.3. The third kappa shape index (κ3) is 2.98. The number of hydrogen-bond donors (Lipinski definition) is 0. The lowest BCUT2D eigenvalue weighted by atomic mass is 9.87. The molecule has 1 saturated heterocycles. The Labute approximate surface area is 142 Å². The predicted octanol–water partition coefficient (Wildman–Crippen LogP) is 4.68. The Hall–Kier alpha value is -2.81. The van der Waals surface area contributed by atoms with Gasteiger partial charge in [0.15, 0.2) is 0 Å². The van der Waals surface area contributed by atoms with E-state index in [1.165, 1.54) is 5.57 Å². The Balaban J connectivity index is 2.00. The van der Waals surface area contributed by atoms with Crippen LogP contribution in [0.3, 0.4) is 0 Å². The molecule has 3 heteroatoms. The van der Waals surface area contributed by atoms with Gasteiger partial charge in [-0.15, -0.1) is 0 Å². The Kier molecular flexibility index (Phi) is 4.52. The summed E-state index contributed by atoms with van der Waals surface area (Å²) in [5.41, 5.74) is 3.98. The number of allylic oxidation sites excluding steroid dienone is 3. The SMILES string of the molecule is COc1ccc(N2C(=O)/C(=C/C=C(C)C)C2c2ccccc2)cc1. The van der Waals surface area contributed by atoms with Crippen molar-refractivity contribution in [3.63, 3.8) is 0 Å². The van der Waals surface area contributed by atoms with E-state index in [0.717, 1.165) is 22.6 Å². The van der Waals surface area contributed by atoms with E-state index in [2.05, 4.69) is 12.1 Å². The topological polar surface area (TPSA) is 29.5 Å². The lowest BCUT2D eigenvalue weighted by Gasteiger charge is -2.43. The first-order valence-electron chi connectivity index (χ1n) is 7.99. The van der Waals surface area contributed by atoms with Crippen LogP contribution in [-0.4, -0.2) is 13.0 Å². The molecule has 24 heavy (non-hydrogen) atoms. The number of hydrogen-bond acceptors (Lipinski definition) is 2. The highest BCUT2D eigenvalue weighted by molar-refractivity contribution is 6.15. The summed E-state index contributed by atoms with van der Waals surface area (Å²) in [7, 11) is 1.64. The van der Waals surface area contributed by atoms with Crippen molar-refractivity contribution < 1.29 is 9.53 Å². The Morgan fingerprint density at radius 2 is 1.71 bits per heavy atom. The molecule has 0 aromatic heterocycles. The highest BCUT2D eigenvalue weighted by Gasteiger charge is 2.43. The van der Waals surface area contributed by atoms with Crippen molar-refractivity contribution in [1.29, 1.82) is 0 Å². The van der Waals surface area contributed by atoms with Gasteiger partial charge in [0, 0.05) is 11.3 Å². The highest BCUT2D eigenvalue weighted by Crippen LogP contribution is 2.43. The standard InChI is InChI=1S/C21H21NO2/c1-15(2)9-14-19-20(16-7-5-4-6-8-16)22(21(19)23)17-10-12-18(24-3)13-11-17/h4-14,20H,1-3H3/b19-14+. The molecular formula is C21H21NO2. The van der Waals surface area contributed by atoms with Crippen LogP contribution in [0.25, 0.3) is 0 Å². The third-order valence-electron chi connectivity index (χ3n) is 4.08. The van der Waals surface area contributed by atoms with Crippen LogP contribution in [0, 0.1) is 0 Å². The number of ether oxygens (including phenoxy) is 1. The minimum Gasteiger partial charge on any atom is -0.497 e. The van der Waals surface area contributed by atoms with E-state index in [0.29, 0.717) is 0 Å². The summed E-state index contributed by atoms with van der Waals surface area (Å²) in [6, 6.07) is 17.7. The number of nitrogens with zero attached hydrogens (tertiary/aromatic N) is 1. The Morgan fingerprint density at radius 1 is 1.04 bits per heavy atom. The van der Waals surface area contributed by atoms with Gasteiger partial charge in [-0.25, -0.2) is 0 Å². The molecule has 1 atom stereocenters. The average Bonchev–Trinajstić information content (AvgIpc) is 2.60. The van der Waals surface area contributed by atoms with Gasteiger partial charge in [-0.1, -0.05) is 48.1 Å². The van der Waals surface area contributed by atoms with Gasteiger partial charge in [-0.3, -0.25) is 9.69 Å². The van der Waals surface area contributed by atoms with Crippen LogP contribution in [0.15, 0.2) is 77.9 Å². The second kappa shape index (κ2) is 6.75. The van der Waals surface area contributed by atoms with E-state index < -0.39 is 0 Å². The highest BCUT2D eigenvalue weighted by atomic mass is 16.5. The minimum atomic E-state index is -0.0531. The zero-order valence-electron chi connectivity index (χ0n) is 14.2. The third-order valence-corrected chi connectivity index (χ3v) is 4.08. The number of carbonyl (C=O) groups is 1. The van der Waals surface area contributed by atoms with Crippen LogP contribution in [0.4, 0.5) is 5.69 Å². The van der Waals surface area contributed by atoms with Gasteiger partial charge < -0.3 is 4.74 Å². The fourth-order valence-electron chi connectivity index (χ4n) is 2.84. The molecule has 0 saturated carbocycles. The van der Waals surface area contributed by atoms with Crippen molar-refractivity contribution in [3.8, 4) is 5.75 Å². The summed E-state index contributed by atoms with van der Waals surface area (Å²) in [6.45, 7) is 4.05. The molecule has 1 amide bonds. The van der Waals surface area contributed by atoms with Gasteiger partial charge in [0.2, 0.25) is 0 Å². The second-order valence-electron chi connectivity index (χ2n) is 6.05. The lowest BCUT2D eigenvalue weighted by Crippen LogP contribution is -2.49. The summed E-state index contributed by atoms with van der Waals surface area (Å²) in [5.74, 6) is 0.829. The summed E-state index contributed by atoms with van der Waals surface area (Å²) in [6.07, 6.45) is 3.93. The molecule has 0 aliphatic carbocycles. The van der Waals surface area contributed by atoms with Crippen molar-refractivity contribution in [2.24, 2.45) is 0 Å². The van der Waals surface area contributed by atoms with E-state index in [4.69, 9.17) is 4.74 Å². The van der Waals surface area contributed by atoms with Crippen molar-refractivity contribution in [2.45, 2.75) is 19.9 Å². The van der Waals surface area contributed by atoms with E-state index in [1.54, 1.807) is 7.11 Å². The van der Waals surface area contributed by atoms with Crippen molar-refractivity contribution in [2.75, 3.05) is 12.0 Å². The number of benzene rings is 2. The molecular weight excluding hydrogens is 298 g/mol. The van der Waals surface area contributed by atoms with Gasteiger partial charge >= 0.3 is 0 Å². The van der Waals surface area contributed by atoms with Crippen molar-refractivity contribution >= 4 is 11.6 Å². The molecule has 2 aromatic rings. The summed E-state index contributed by atoms with van der Waals surface area (Å²) >= 11 is 0. The monoisotopic (exact) mass is 319 g/mol. The average molecular weight is 319 g/mol. The zero-order valence-corrected chi connectivity index (χ0v) is 14.2. The molecule has 0 radical (unpaired) electrons. The summed E-state index contributed by atoms with van der Waals surface area (Å²) < 4.78 is 5.20. The Bertz CT molecular complexity index is 784. The lowest BCUT2D eigenvalue weighted by molar-refractivity contribution is -0.119. The van der Waals surface area contributed by atoms with Gasteiger partial charge in [0.25, 0.3) is 5.91 Å². The maximum absolute atomic E-state index is 12.7. The first kappa shape index (κ1) is 16.1. The largest absolute Gasteiger partial charge is 0.497 e. The smallest absolute Gasteiger partial charge is 0.257 e. The number of anilines is 1. The van der Waals surface area contributed by atoms with Gasteiger partial charge in [-0.2, -0.15) is 0 Å². The molecule has 3 nitrogen and oxygen atoms in total. The second-order valence-corrected chi connectivity index (χ2v) is 6.05. The molecule has 1 fully saturated rings. The number of amides is 1. The predicted molar refractivity (Wildman–Crippen MR) is 97.2 cm³/mol. The number of rotatable bonds is 4. The molecule has 3 rings (SSSR count). The van der Waals surface area contributed by atoms with Crippen LogP contribution in [0.2, 0.25) is 0 Å². The molecule has 0 bridgehead atoms. The molecule has 1 unspecified atom stereocenters. The first-order chi connectivity index (χ1) is 11.6. The first-order valence-corrected chi connectivity index (χ1v) is 7.99. The summed E-state index contributed by atoms with van der Waals surface area (Å²) in [4.78, 5) is 14.5. The van der Waals surface area contributed by atoms with Gasteiger partial charge in [-0.05, 0) is 43.7 Å². The fraction of sp³-hybridized carbons (Fsp3) is 0.190. The van der Waals surface area contributed by atoms with Crippen LogP contribution < -0.4 is 9.64 Å². The fourth-order valence-corrected chi connectivity index (χ4v) is 2.84. The maximum atomic E-state index is 12.7. The molecule has 0 spiro atoms. The minimum absolute atomic E-state index is 0.0477. The number of carbonyl (C=O) groups excluding carboxylic acids is 1. The van der Waals surface area contributed by atoms with Crippen molar-refractivity contribution in [3.05, 3.63) is 83.5 Å². The van der Waals surface area contributed by atoms with Gasteiger partial charge in [0.05, 0.1) is 13.2 Å². The van der Waals surface area contributed by atoms with Crippen LogP contribution >= 0.6 is 0 Å². The van der Waals surface area contributed by atoms with Crippen LogP contribution in [-0.2, 0) is 4.79 Å². The molecule has 1 heterocycles. The van der Waals surface area contributed by atoms with E-state index in [9.17, 15) is 4.79 Å². The summed E-state index contributed by atoms with van der Waals surface area (Å²) in [5, 5.41) is 0. The number of methoxy groups -OCH3 is 1. The molecule has 0 N–H and O–H groups in total. The molecule has 122 valence electrons. The maximum Gasteiger partial charge on any atom is 0.257 e. The number of β-lactam (4-membered cyclic amide) rings is 1. The van der Waals surface area contributed by atoms with Crippen molar-refractivity contribution in [1.82, 2.24) is 0 Å². The molecule has 1 aliphatic rings. The quantitative estimate of drug-likeness (QED) is 0.605. The van der Waals surface area contributed by atoms with Gasteiger partial charge in [0.1, 0.15) is 5.75 Å². The van der Waals surface area contributed by atoms with E-state index in [1.807, 2.05) is 73.4 Å². The van der Waals surface area contributed by atoms with E-state index >= 15 is 0 Å². The molecule has 1 aliphatic heterocycles. The molecule has 2 aromatic carbocycles. The van der Waals surface area contributed by atoms with Crippen LogP contribution in [0.5, 0.6) is 5.75 Å². The van der Waals surface area contributed by atoms with E-state index in [-0.39, 0.29) is 11.9 Å². The zero-order chi connectivity index (χ0) is 17.1. The Morgan fingerprint density at radius 3 is 2.29 bits per heavy atom. The van der Waals surface area contributed by atoms with Crippen LogP contribution in [0.1, 0.15) is 25.5 Å².